The Morgan fingerprint density at radius 2 is 1.78 bits per heavy atom. The van der Waals surface area contributed by atoms with Gasteiger partial charge < -0.3 is 15.0 Å². The number of esters is 1. The van der Waals surface area contributed by atoms with Crippen molar-refractivity contribution in [2.45, 2.75) is 25.9 Å². The average molecular weight is 451 g/mol. The third-order valence-electron chi connectivity index (χ3n) is 5.29. The van der Waals surface area contributed by atoms with Crippen LogP contribution in [0.1, 0.15) is 40.6 Å². The molecular weight excluding hydrogens is 428 g/mol. The summed E-state index contributed by atoms with van der Waals surface area (Å²) < 4.78 is 5.58. The minimum atomic E-state index is -1.16. The van der Waals surface area contributed by atoms with Crippen LogP contribution in [-0.2, 0) is 9.53 Å². The molecule has 8 heteroatoms. The number of carbonyl (C=O) groups is 2. The highest BCUT2D eigenvalue weighted by molar-refractivity contribution is 6.31. The quantitative estimate of drug-likeness (QED) is 0.553. The van der Waals surface area contributed by atoms with Crippen molar-refractivity contribution in [1.29, 1.82) is 0 Å². The Kier molecular flexibility index (Phi) is 6.66. The third kappa shape index (κ3) is 5.06. The fourth-order valence-electron chi connectivity index (χ4n) is 3.50. The second-order valence-electron chi connectivity index (χ2n) is 7.62. The molecule has 3 aromatic rings. The van der Waals surface area contributed by atoms with Gasteiger partial charge in [0.15, 0.2) is 11.5 Å². The van der Waals surface area contributed by atoms with Crippen molar-refractivity contribution in [2.24, 2.45) is 0 Å². The van der Waals surface area contributed by atoms with Gasteiger partial charge >= 0.3 is 5.97 Å². The normalized spacial score (nSPS) is 14.1. The smallest absolute Gasteiger partial charge is 0.359 e. The average Bonchev–Trinajstić information content (AvgIpc) is 3.35. The molecule has 1 aromatic heterocycles. The molecule has 1 amide bonds. The Labute approximate surface area is 191 Å². The summed E-state index contributed by atoms with van der Waals surface area (Å²) in [5.74, 6) is -0.491. The summed E-state index contributed by atoms with van der Waals surface area (Å²) in [5.41, 5.74) is 1.99. The van der Waals surface area contributed by atoms with Crippen molar-refractivity contribution in [3.05, 3.63) is 82.5 Å². The molecule has 1 aliphatic heterocycles. The number of aryl methyl sites for hydroxylation is 1. The molecule has 2 aromatic carbocycles. The highest BCUT2D eigenvalue weighted by Crippen LogP contribution is 2.24. The van der Waals surface area contributed by atoms with Gasteiger partial charge in [-0.1, -0.05) is 48.0 Å². The maximum Gasteiger partial charge on any atom is 0.359 e. The number of hydrogen-bond donors (Lipinski definition) is 1. The number of ether oxygens (including phenoxy) is 1. The SMILES string of the molecule is Cc1ccc(NC(=O)C(OC(=O)c2ccc(N3CCCC3)nn2)c2ccccc2)cc1Cl. The summed E-state index contributed by atoms with van der Waals surface area (Å²) >= 11 is 6.16. The molecule has 4 rings (SSSR count). The first-order valence-corrected chi connectivity index (χ1v) is 10.8. The zero-order valence-electron chi connectivity index (χ0n) is 17.6. The number of hydrogen-bond acceptors (Lipinski definition) is 6. The number of amides is 1. The summed E-state index contributed by atoms with van der Waals surface area (Å²) in [5, 5.41) is 11.5. The van der Waals surface area contributed by atoms with Gasteiger partial charge in [0.2, 0.25) is 6.10 Å². The Morgan fingerprint density at radius 3 is 2.44 bits per heavy atom. The van der Waals surface area contributed by atoms with Crippen LogP contribution < -0.4 is 10.2 Å². The number of nitrogens with zero attached hydrogens (tertiary/aromatic N) is 3. The summed E-state index contributed by atoms with van der Waals surface area (Å²) in [7, 11) is 0. The van der Waals surface area contributed by atoms with Crippen molar-refractivity contribution < 1.29 is 14.3 Å². The van der Waals surface area contributed by atoms with E-state index in [0.29, 0.717) is 16.3 Å². The Bertz CT molecular complexity index is 1100. The van der Waals surface area contributed by atoms with Gasteiger partial charge in [0, 0.05) is 29.4 Å². The Morgan fingerprint density at radius 1 is 1.03 bits per heavy atom. The number of nitrogens with one attached hydrogen (secondary N) is 1. The minimum Gasteiger partial charge on any atom is -0.442 e. The molecule has 2 heterocycles. The maximum absolute atomic E-state index is 13.0. The standard InChI is InChI=1S/C24H23ClN4O3/c1-16-9-10-18(15-19(16)25)26-23(30)22(17-7-3-2-4-8-17)32-24(31)20-11-12-21(28-27-20)29-13-5-6-14-29/h2-4,7-12,15,22H,5-6,13-14H2,1H3,(H,26,30). The Hall–Kier alpha value is -3.45. The summed E-state index contributed by atoms with van der Waals surface area (Å²) in [6, 6.07) is 17.3. The molecule has 164 valence electrons. The van der Waals surface area contributed by atoms with E-state index in [4.69, 9.17) is 16.3 Å². The predicted molar refractivity (Wildman–Crippen MR) is 123 cm³/mol. The number of carbonyl (C=O) groups excluding carboxylic acids is 2. The molecule has 0 bridgehead atoms. The van der Waals surface area contributed by atoms with Gasteiger partial charge in [-0.3, -0.25) is 4.79 Å². The number of aromatic nitrogens is 2. The zero-order chi connectivity index (χ0) is 22.5. The van der Waals surface area contributed by atoms with Gasteiger partial charge in [-0.15, -0.1) is 10.2 Å². The van der Waals surface area contributed by atoms with Crippen LogP contribution >= 0.6 is 11.6 Å². The van der Waals surface area contributed by atoms with Gasteiger partial charge in [0.25, 0.3) is 5.91 Å². The topological polar surface area (TPSA) is 84.4 Å². The van der Waals surface area contributed by atoms with E-state index in [9.17, 15) is 9.59 Å². The van der Waals surface area contributed by atoms with Gasteiger partial charge in [0.1, 0.15) is 0 Å². The van der Waals surface area contributed by atoms with Gasteiger partial charge in [-0.05, 0) is 49.6 Å². The van der Waals surface area contributed by atoms with Crippen LogP contribution in [0.3, 0.4) is 0 Å². The van der Waals surface area contributed by atoms with E-state index < -0.39 is 18.0 Å². The molecule has 0 aliphatic carbocycles. The monoisotopic (exact) mass is 450 g/mol. The first kappa shape index (κ1) is 21.8. The summed E-state index contributed by atoms with van der Waals surface area (Å²) in [6.45, 7) is 3.73. The lowest BCUT2D eigenvalue weighted by molar-refractivity contribution is -0.125. The molecule has 1 fully saturated rings. The fourth-order valence-corrected chi connectivity index (χ4v) is 3.68. The molecule has 1 saturated heterocycles. The third-order valence-corrected chi connectivity index (χ3v) is 5.70. The second-order valence-corrected chi connectivity index (χ2v) is 8.03. The lowest BCUT2D eigenvalue weighted by Crippen LogP contribution is -2.26. The van der Waals surface area contributed by atoms with E-state index in [1.807, 2.05) is 13.0 Å². The van der Waals surface area contributed by atoms with Gasteiger partial charge in [0.05, 0.1) is 0 Å². The van der Waals surface area contributed by atoms with Crippen LogP contribution in [0.4, 0.5) is 11.5 Å². The molecule has 0 spiro atoms. The molecule has 1 N–H and O–H groups in total. The number of anilines is 2. The highest BCUT2D eigenvalue weighted by Gasteiger charge is 2.27. The molecule has 7 nitrogen and oxygen atoms in total. The number of halogens is 1. The highest BCUT2D eigenvalue weighted by atomic mass is 35.5. The second kappa shape index (κ2) is 9.78. The number of benzene rings is 2. The molecule has 1 atom stereocenters. The van der Waals surface area contributed by atoms with E-state index in [2.05, 4.69) is 20.4 Å². The van der Waals surface area contributed by atoms with Crippen LogP contribution in [0.25, 0.3) is 0 Å². The molecule has 0 radical (unpaired) electrons. The molecule has 0 saturated carbocycles. The van der Waals surface area contributed by atoms with E-state index in [1.165, 1.54) is 0 Å². The van der Waals surface area contributed by atoms with Crippen LogP contribution in [0.2, 0.25) is 5.02 Å². The lowest BCUT2D eigenvalue weighted by atomic mass is 10.1. The molecule has 1 unspecified atom stereocenters. The predicted octanol–water partition coefficient (Wildman–Crippen LogP) is 4.58. The van der Waals surface area contributed by atoms with E-state index in [1.54, 1.807) is 54.6 Å². The van der Waals surface area contributed by atoms with Crippen molar-refractivity contribution >= 4 is 35.0 Å². The van der Waals surface area contributed by atoms with E-state index >= 15 is 0 Å². The Balaban J connectivity index is 1.52. The van der Waals surface area contributed by atoms with Gasteiger partial charge in [-0.25, -0.2) is 4.79 Å². The number of rotatable bonds is 6. The van der Waals surface area contributed by atoms with Crippen LogP contribution in [0.5, 0.6) is 0 Å². The molecular formula is C24H23ClN4O3. The zero-order valence-corrected chi connectivity index (χ0v) is 18.4. The van der Waals surface area contributed by atoms with Crippen molar-refractivity contribution in [3.63, 3.8) is 0 Å². The summed E-state index contributed by atoms with van der Waals surface area (Å²) in [4.78, 5) is 27.9. The fraction of sp³-hybridized carbons (Fsp3) is 0.250. The minimum absolute atomic E-state index is 0.0417. The first-order valence-electron chi connectivity index (χ1n) is 10.4. The lowest BCUT2D eigenvalue weighted by Gasteiger charge is -2.18. The van der Waals surface area contributed by atoms with Crippen LogP contribution in [-0.4, -0.2) is 35.2 Å². The van der Waals surface area contributed by atoms with Crippen LogP contribution in [0.15, 0.2) is 60.7 Å². The maximum atomic E-state index is 13.0. The van der Waals surface area contributed by atoms with E-state index in [-0.39, 0.29) is 5.69 Å². The van der Waals surface area contributed by atoms with Crippen molar-refractivity contribution in [1.82, 2.24) is 10.2 Å². The molecule has 1 aliphatic rings. The largest absolute Gasteiger partial charge is 0.442 e. The molecule has 32 heavy (non-hydrogen) atoms. The van der Waals surface area contributed by atoms with Crippen molar-refractivity contribution in [2.75, 3.05) is 23.3 Å². The summed E-state index contributed by atoms with van der Waals surface area (Å²) in [6.07, 6.45) is 1.07. The van der Waals surface area contributed by atoms with Crippen LogP contribution in [0, 0.1) is 6.92 Å². The first-order chi connectivity index (χ1) is 15.5. The van der Waals surface area contributed by atoms with Crippen molar-refractivity contribution in [3.8, 4) is 0 Å². The van der Waals surface area contributed by atoms with Gasteiger partial charge in [-0.2, -0.15) is 0 Å². The van der Waals surface area contributed by atoms with E-state index in [0.717, 1.165) is 37.3 Å².